The molecular formula is C13H18ClNO3S2. The maximum absolute atomic E-state index is 12.5. The van der Waals surface area contributed by atoms with E-state index in [2.05, 4.69) is 13.8 Å². The van der Waals surface area contributed by atoms with Gasteiger partial charge >= 0.3 is 0 Å². The number of aryl methyl sites for hydroxylation is 1. The molecule has 7 heteroatoms. The minimum absolute atomic E-state index is 0.0452. The largest absolute Gasteiger partial charge is 0.337 e. The zero-order chi connectivity index (χ0) is 15.1. The van der Waals surface area contributed by atoms with Crippen molar-refractivity contribution in [3.63, 3.8) is 0 Å². The molecule has 1 amide bonds. The highest BCUT2D eigenvalue weighted by Crippen LogP contribution is 2.32. The molecule has 0 aliphatic carbocycles. The SMILES string of the molecule is Cc1sc(C(=O)N2CCCC(C)(C)C2)cc1S(=O)(=O)Cl. The van der Waals surface area contributed by atoms with Crippen LogP contribution in [0.5, 0.6) is 0 Å². The molecule has 0 aromatic carbocycles. The molecule has 1 saturated heterocycles. The van der Waals surface area contributed by atoms with Crippen LogP contribution in [0.15, 0.2) is 11.0 Å². The number of thiophene rings is 1. The zero-order valence-corrected chi connectivity index (χ0v) is 14.2. The minimum Gasteiger partial charge on any atom is -0.337 e. The van der Waals surface area contributed by atoms with Crippen LogP contribution in [0.2, 0.25) is 0 Å². The summed E-state index contributed by atoms with van der Waals surface area (Å²) in [6.07, 6.45) is 2.07. The minimum atomic E-state index is -3.79. The van der Waals surface area contributed by atoms with Crippen molar-refractivity contribution >= 4 is 37.0 Å². The van der Waals surface area contributed by atoms with E-state index >= 15 is 0 Å². The Hall–Kier alpha value is -0.590. The monoisotopic (exact) mass is 335 g/mol. The van der Waals surface area contributed by atoms with Gasteiger partial charge in [0.05, 0.1) is 9.77 Å². The molecule has 1 aliphatic heterocycles. The summed E-state index contributed by atoms with van der Waals surface area (Å²) in [5.41, 5.74) is 0.113. The van der Waals surface area contributed by atoms with Crippen molar-refractivity contribution in [1.82, 2.24) is 4.90 Å². The third kappa shape index (κ3) is 3.35. The molecule has 0 atom stereocenters. The third-order valence-electron chi connectivity index (χ3n) is 3.53. The Kier molecular flexibility index (Phi) is 4.19. The van der Waals surface area contributed by atoms with E-state index in [1.54, 1.807) is 11.8 Å². The average molecular weight is 336 g/mol. The molecule has 0 spiro atoms. The molecule has 2 rings (SSSR count). The van der Waals surface area contributed by atoms with Crippen LogP contribution in [-0.4, -0.2) is 32.3 Å². The standard InChI is InChI=1S/C13H18ClNO3S2/c1-9-11(20(14,17)18)7-10(19-9)12(16)15-6-4-5-13(2,3)8-15/h7H,4-6,8H2,1-3H3. The van der Waals surface area contributed by atoms with Crippen molar-refractivity contribution < 1.29 is 13.2 Å². The maximum atomic E-state index is 12.5. The van der Waals surface area contributed by atoms with Crippen molar-refractivity contribution in [3.05, 3.63) is 15.8 Å². The van der Waals surface area contributed by atoms with Gasteiger partial charge in [-0.05, 0) is 31.2 Å². The lowest BCUT2D eigenvalue weighted by Crippen LogP contribution is -2.43. The molecule has 0 radical (unpaired) electrons. The fourth-order valence-electron chi connectivity index (χ4n) is 2.57. The number of carbonyl (C=O) groups excluding carboxylic acids is 1. The summed E-state index contributed by atoms with van der Waals surface area (Å²) >= 11 is 1.19. The summed E-state index contributed by atoms with van der Waals surface area (Å²) in [4.78, 5) is 15.3. The molecule has 1 aromatic heterocycles. The summed E-state index contributed by atoms with van der Waals surface area (Å²) in [5.74, 6) is -0.0996. The second-order valence-electron chi connectivity index (χ2n) is 5.96. The van der Waals surface area contributed by atoms with Gasteiger partial charge in [0, 0.05) is 28.6 Å². The molecule has 0 N–H and O–H groups in total. The number of halogens is 1. The van der Waals surface area contributed by atoms with Gasteiger partial charge in [-0.25, -0.2) is 8.42 Å². The van der Waals surface area contributed by atoms with Crippen LogP contribution >= 0.6 is 22.0 Å². The van der Waals surface area contributed by atoms with Gasteiger partial charge in [0.1, 0.15) is 0 Å². The number of nitrogens with zero attached hydrogens (tertiary/aromatic N) is 1. The summed E-state index contributed by atoms with van der Waals surface area (Å²) in [5, 5.41) is 0. The van der Waals surface area contributed by atoms with Gasteiger partial charge in [-0.3, -0.25) is 4.79 Å². The van der Waals surface area contributed by atoms with Crippen LogP contribution < -0.4 is 0 Å². The quantitative estimate of drug-likeness (QED) is 0.779. The third-order valence-corrected chi connectivity index (χ3v) is 6.15. The molecule has 1 fully saturated rings. The Morgan fingerprint density at radius 2 is 2.10 bits per heavy atom. The van der Waals surface area contributed by atoms with E-state index in [1.807, 2.05) is 0 Å². The van der Waals surface area contributed by atoms with Crippen LogP contribution in [0.1, 0.15) is 41.2 Å². The second-order valence-corrected chi connectivity index (χ2v) is 9.75. The lowest BCUT2D eigenvalue weighted by molar-refractivity contribution is 0.0588. The van der Waals surface area contributed by atoms with E-state index in [1.165, 1.54) is 17.4 Å². The van der Waals surface area contributed by atoms with Crippen LogP contribution in [0, 0.1) is 12.3 Å². The van der Waals surface area contributed by atoms with Crippen molar-refractivity contribution in [2.24, 2.45) is 5.41 Å². The number of hydrogen-bond donors (Lipinski definition) is 0. The van der Waals surface area contributed by atoms with Gasteiger partial charge in [-0.2, -0.15) is 0 Å². The fourth-order valence-corrected chi connectivity index (χ4v) is 5.20. The van der Waals surface area contributed by atoms with Crippen molar-refractivity contribution in [3.8, 4) is 0 Å². The van der Waals surface area contributed by atoms with E-state index < -0.39 is 9.05 Å². The van der Waals surface area contributed by atoms with E-state index in [0.717, 1.165) is 19.4 Å². The smallest absolute Gasteiger partial charge is 0.263 e. The van der Waals surface area contributed by atoms with E-state index in [0.29, 0.717) is 16.3 Å². The first-order chi connectivity index (χ1) is 9.10. The fraction of sp³-hybridized carbons (Fsp3) is 0.615. The van der Waals surface area contributed by atoms with Gasteiger partial charge in [0.15, 0.2) is 0 Å². The number of rotatable bonds is 2. The summed E-state index contributed by atoms with van der Waals surface area (Å²) in [6.45, 7) is 7.37. The molecule has 20 heavy (non-hydrogen) atoms. The zero-order valence-electron chi connectivity index (χ0n) is 11.8. The first-order valence-corrected chi connectivity index (χ1v) is 9.57. The number of amides is 1. The van der Waals surface area contributed by atoms with E-state index in [-0.39, 0.29) is 16.2 Å². The Bertz CT molecular complexity index is 634. The second kappa shape index (κ2) is 5.31. The van der Waals surface area contributed by atoms with Crippen molar-refractivity contribution in [2.45, 2.75) is 38.5 Å². The highest BCUT2D eigenvalue weighted by molar-refractivity contribution is 8.13. The van der Waals surface area contributed by atoms with Crippen LogP contribution in [0.25, 0.3) is 0 Å². The van der Waals surface area contributed by atoms with E-state index in [4.69, 9.17) is 10.7 Å². The Labute approximate surface area is 128 Å². The summed E-state index contributed by atoms with van der Waals surface area (Å²) < 4.78 is 22.8. The molecule has 0 bridgehead atoms. The maximum Gasteiger partial charge on any atom is 0.263 e. The normalized spacial score (nSPS) is 19.1. The molecule has 1 aromatic rings. The van der Waals surface area contributed by atoms with Crippen LogP contribution in [0.3, 0.4) is 0 Å². The molecule has 4 nitrogen and oxygen atoms in total. The molecule has 112 valence electrons. The van der Waals surface area contributed by atoms with Crippen molar-refractivity contribution in [1.29, 1.82) is 0 Å². The lowest BCUT2D eigenvalue weighted by atomic mass is 9.84. The molecular weight excluding hydrogens is 318 g/mol. The summed E-state index contributed by atoms with van der Waals surface area (Å²) in [6, 6.07) is 1.40. The molecule has 0 unspecified atom stereocenters. The Morgan fingerprint density at radius 1 is 1.45 bits per heavy atom. The van der Waals surface area contributed by atoms with Gasteiger partial charge < -0.3 is 4.90 Å². The first-order valence-electron chi connectivity index (χ1n) is 6.44. The van der Waals surface area contributed by atoms with Crippen molar-refractivity contribution in [2.75, 3.05) is 13.1 Å². The highest BCUT2D eigenvalue weighted by Gasteiger charge is 2.31. The topological polar surface area (TPSA) is 54.5 Å². The molecule has 1 aliphatic rings. The van der Waals surface area contributed by atoms with Crippen LogP contribution in [0.4, 0.5) is 0 Å². The number of piperidine rings is 1. The number of hydrogen-bond acceptors (Lipinski definition) is 4. The Balaban J connectivity index is 2.26. The van der Waals surface area contributed by atoms with Gasteiger partial charge in [-0.1, -0.05) is 13.8 Å². The van der Waals surface area contributed by atoms with Crippen LogP contribution in [-0.2, 0) is 9.05 Å². The first kappa shape index (κ1) is 15.8. The number of likely N-dealkylation sites (tertiary alicyclic amines) is 1. The average Bonchev–Trinajstić information content (AvgIpc) is 2.68. The highest BCUT2D eigenvalue weighted by atomic mass is 35.7. The predicted octanol–water partition coefficient (Wildman–Crippen LogP) is 3.25. The van der Waals surface area contributed by atoms with E-state index in [9.17, 15) is 13.2 Å². The molecule has 2 heterocycles. The van der Waals surface area contributed by atoms with Gasteiger partial charge in [0.2, 0.25) is 0 Å². The van der Waals surface area contributed by atoms with Gasteiger partial charge in [-0.15, -0.1) is 11.3 Å². The Morgan fingerprint density at radius 3 is 2.60 bits per heavy atom. The van der Waals surface area contributed by atoms with Gasteiger partial charge in [0.25, 0.3) is 15.0 Å². The lowest BCUT2D eigenvalue weighted by Gasteiger charge is -2.37. The summed E-state index contributed by atoms with van der Waals surface area (Å²) in [7, 11) is 1.58. The molecule has 0 saturated carbocycles. The number of carbonyl (C=O) groups is 1. The predicted molar refractivity (Wildman–Crippen MR) is 81.0 cm³/mol.